The molecule has 12 heteroatoms. The van der Waals surface area contributed by atoms with Gasteiger partial charge in [0.15, 0.2) is 0 Å². The highest BCUT2D eigenvalue weighted by Crippen LogP contribution is 2.43. The van der Waals surface area contributed by atoms with Crippen LogP contribution >= 0.6 is 0 Å². The summed E-state index contributed by atoms with van der Waals surface area (Å²) in [6, 6.07) is 7.64. The van der Waals surface area contributed by atoms with E-state index in [-0.39, 0.29) is 29.8 Å². The average Bonchev–Trinajstić information content (AvgIpc) is 3.71. The lowest BCUT2D eigenvalue weighted by atomic mass is 9.94. The van der Waals surface area contributed by atoms with Gasteiger partial charge in [-0.1, -0.05) is 31.2 Å². The second kappa shape index (κ2) is 9.83. The van der Waals surface area contributed by atoms with Gasteiger partial charge in [0, 0.05) is 38.5 Å². The number of aryl methyl sites for hydroxylation is 2. The van der Waals surface area contributed by atoms with Crippen LogP contribution in [0.2, 0.25) is 0 Å². The van der Waals surface area contributed by atoms with Crippen LogP contribution in [0.5, 0.6) is 0 Å². The lowest BCUT2D eigenvalue weighted by Gasteiger charge is -2.21. The molecule has 2 aliphatic heterocycles. The molecule has 4 bridgehead atoms. The predicted octanol–water partition coefficient (Wildman–Crippen LogP) is 4.37. The number of hydrogen-bond donors (Lipinski definition) is 2. The molecule has 5 aromatic rings. The molecule has 6 heterocycles. The Bertz CT molecular complexity index is 1900. The van der Waals surface area contributed by atoms with Gasteiger partial charge in [-0.2, -0.15) is 4.39 Å². The van der Waals surface area contributed by atoms with Crippen LogP contribution < -0.4 is 11.0 Å². The van der Waals surface area contributed by atoms with Gasteiger partial charge >= 0.3 is 11.8 Å². The number of pyridine rings is 1. The number of rotatable bonds is 2. The van der Waals surface area contributed by atoms with Gasteiger partial charge in [-0.15, -0.1) is 5.10 Å². The Kier molecular flexibility index (Phi) is 6.19. The van der Waals surface area contributed by atoms with Gasteiger partial charge in [0.1, 0.15) is 5.65 Å². The van der Waals surface area contributed by atoms with Crippen molar-refractivity contribution in [1.82, 2.24) is 34.2 Å². The molecule has 1 amide bonds. The standard InChI is InChI=1S/C30H32FN7O4/c1-15-9-10-42-22-12-18(11-20(22)33-29(39)41-4)38-26-21(37(3)30(38)40)13-32-28-24(26)23(17-7-5-16(15)6-8-17)25(34-28)19-14-36(2)35-27(19)31/h5-8,13-15,18,20,22H,9-12H2,1-4H3,(H,32,34)(H,33,39)/t15?,18-,20-,22+/m0/s1. The van der Waals surface area contributed by atoms with Gasteiger partial charge in [-0.25, -0.2) is 14.6 Å². The number of methoxy groups -OCH3 is 1. The summed E-state index contributed by atoms with van der Waals surface area (Å²) >= 11 is 0. The summed E-state index contributed by atoms with van der Waals surface area (Å²) in [5.74, 6) is -0.378. The van der Waals surface area contributed by atoms with E-state index in [0.29, 0.717) is 47.4 Å². The van der Waals surface area contributed by atoms with Crippen LogP contribution in [0.4, 0.5) is 9.18 Å². The first-order valence-electron chi connectivity index (χ1n) is 14.1. The molecule has 1 aliphatic carbocycles. The van der Waals surface area contributed by atoms with Gasteiger partial charge in [0.05, 0.1) is 53.1 Å². The number of benzene rings is 1. The molecule has 42 heavy (non-hydrogen) atoms. The van der Waals surface area contributed by atoms with E-state index in [2.05, 4.69) is 34.5 Å². The van der Waals surface area contributed by atoms with E-state index in [0.717, 1.165) is 28.5 Å². The van der Waals surface area contributed by atoms with E-state index < -0.39 is 12.0 Å². The van der Waals surface area contributed by atoms with E-state index >= 15 is 4.39 Å². The molecule has 4 aromatic heterocycles. The highest BCUT2D eigenvalue weighted by molar-refractivity contribution is 6.14. The van der Waals surface area contributed by atoms with Gasteiger partial charge in [-0.3, -0.25) is 13.8 Å². The van der Waals surface area contributed by atoms with Crippen molar-refractivity contribution >= 4 is 28.2 Å². The molecular formula is C30H32FN7O4. The number of fused-ring (bicyclic) bond motifs is 5. The normalized spacial score (nSPS) is 22.1. The molecule has 8 rings (SSSR count). The first kappa shape index (κ1) is 26.4. The maximum Gasteiger partial charge on any atom is 0.407 e. The Labute approximate surface area is 240 Å². The lowest BCUT2D eigenvalue weighted by molar-refractivity contribution is 0.0342. The number of carbonyl (C=O) groups is 1. The summed E-state index contributed by atoms with van der Waals surface area (Å²) in [5, 5.41) is 7.60. The van der Waals surface area contributed by atoms with E-state index in [4.69, 9.17) is 14.5 Å². The second-order valence-corrected chi connectivity index (χ2v) is 11.4. The number of nitrogens with zero attached hydrogens (tertiary/aromatic N) is 5. The molecule has 1 fully saturated rings. The number of imidazole rings is 1. The number of carbonyl (C=O) groups excluding carboxylic acids is 1. The van der Waals surface area contributed by atoms with Gasteiger partial charge in [0.25, 0.3) is 0 Å². The van der Waals surface area contributed by atoms with Crippen LogP contribution in [0.3, 0.4) is 0 Å². The molecule has 1 saturated carbocycles. The molecule has 0 spiro atoms. The van der Waals surface area contributed by atoms with Crippen LogP contribution in [0.1, 0.15) is 43.7 Å². The van der Waals surface area contributed by atoms with E-state index in [1.54, 1.807) is 35.6 Å². The number of H-pyrrole nitrogens is 1. The SMILES string of the molecule is COC(=O)N[C@H]1C[C@H]2C[C@H]1OCCC(C)c1ccc(cc1)-c1c(-c3cn(C)nc3F)[nH]c3ncc4c(c13)n2c(=O)n4C. The molecular weight excluding hydrogens is 541 g/mol. The van der Waals surface area contributed by atoms with Crippen LogP contribution in [0, 0.1) is 5.95 Å². The third kappa shape index (κ3) is 4.04. The van der Waals surface area contributed by atoms with E-state index in [9.17, 15) is 9.59 Å². The summed E-state index contributed by atoms with van der Waals surface area (Å²) in [7, 11) is 4.73. The summed E-state index contributed by atoms with van der Waals surface area (Å²) < 4.78 is 31.3. The predicted molar refractivity (Wildman–Crippen MR) is 155 cm³/mol. The Balaban J connectivity index is 1.55. The monoisotopic (exact) mass is 573 g/mol. The van der Waals surface area contributed by atoms with E-state index in [1.807, 2.05) is 12.1 Å². The zero-order valence-electron chi connectivity index (χ0n) is 23.8. The molecule has 4 atom stereocenters. The second-order valence-electron chi connectivity index (χ2n) is 11.4. The number of nitrogens with one attached hydrogen (secondary N) is 2. The molecule has 0 saturated heterocycles. The van der Waals surface area contributed by atoms with Crippen molar-refractivity contribution in [2.45, 2.75) is 50.3 Å². The lowest BCUT2D eigenvalue weighted by Crippen LogP contribution is -2.41. The number of hydrogen-bond acceptors (Lipinski definition) is 6. The van der Waals surface area contributed by atoms with Crippen LogP contribution in [-0.2, 0) is 23.6 Å². The van der Waals surface area contributed by atoms with Crippen LogP contribution in [0.25, 0.3) is 44.5 Å². The topological polar surface area (TPSA) is 121 Å². The molecule has 3 aliphatic rings. The molecule has 2 N–H and O–H groups in total. The molecule has 1 unspecified atom stereocenters. The van der Waals surface area contributed by atoms with Gasteiger partial charge < -0.3 is 19.8 Å². The zero-order valence-corrected chi connectivity index (χ0v) is 23.8. The largest absolute Gasteiger partial charge is 0.453 e. The number of alkyl carbamates (subject to hydrolysis) is 1. The quantitative estimate of drug-likeness (QED) is 0.324. The fourth-order valence-corrected chi connectivity index (χ4v) is 6.71. The number of ether oxygens (including phenoxy) is 2. The highest BCUT2D eigenvalue weighted by Gasteiger charge is 2.39. The number of aromatic amines is 1. The fourth-order valence-electron chi connectivity index (χ4n) is 6.71. The van der Waals surface area contributed by atoms with Crippen molar-refractivity contribution in [3.05, 3.63) is 58.7 Å². The molecule has 1 aromatic carbocycles. The summed E-state index contributed by atoms with van der Waals surface area (Å²) in [6.45, 7) is 2.66. The number of aromatic nitrogens is 6. The molecule has 11 nitrogen and oxygen atoms in total. The molecule has 218 valence electrons. The fraction of sp³-hybridized carbons (Fsp3) is 0.400. The summed E-state index contributed by atoms with van der Waals surface area (Å²) in [4.78, 5) is 34.2. The third-order valence-corrected chi connectivity index (χ3v) is 8.91. The maximum absolute atomic E-state index is 15.2. The minimum Gasteiger partial charge on any atom is -0.453 e. The van der Waals surface area contributed by atoms with E-state index in [1.165, 1.54) is 11.8 Å². The zero-order chi connectivity index (χ0) is 29.3. The summed E-state index contributed by atoms with van der Waals surface area (Å²) in [5.41, 5.74) is 5.32. The molecule has 0 radical (unpaired) electrons. The average molecular weight is 574 g/mol. The van der Waals surface area contributed by atoms with Crippen molar-refractivity contribution in [1.29, 1.82) is 0 Å². The highest BCUT2D eigenvalue weighted by atomic mass is 19.1. The van der Waals surface area contributed by atoms with Crippen molar-refractivity contribution < 1.29 is 18.7 Å². The Morgan fingerprint density at radius 2 is 2.00 bits per heavy atom. The van der Waals surface area contributed by atoms with Crippen molar-refractivity contribution in [3.63, 3.8) is 0 Å². The third-order valence-electron chi connectivity index (χ3n) is 8.91. The number of halogens is 1. The van der Waals surface area contributed by atoms with Gasteiger partial charge in [0.2, 0.25) is 5.95 Å². The summed E-state index contributed by atoms with van der Waals surface area (Å²) in [6.07, 6.45) is 4.26. The van der Waals surface area contributed by atoms with Crippen molar-refractivity contribution in [2.75, 3.05) is 13.7 Å². The van der Waals surface area contributed by atoms with Crippen molar-refractivity contribution in [2.24, 2.45) is 14.1 Å². The van der Waals surface area contributed by atoms with Crippen molar-refractivity contribution in [3.8, 4) is 22.4 Å². The Hall–Kier alpha value is -4.45. The smallest absolute Gasteiger partial charge is 0.407 e. The maximum atomic E-state index is 15.2. The number of amides is 1. The van der Waals surface area contributed by atoms with Crippen LogP contribution in [0.15, 0.2) is 41.5 Å². The van der Waals surface area contributed by atoms with Crippen LogP contribution in [-0.4, -0.2) is 60.8 Å². The minimum absolute atomic E-state index is 0.198. The first-order chi connectivity index (χ1) is 20.2. The minimum atomic E-state index is -0.601. The first-order valence-corrected chi connectivity index (χ1v) is 14.1. The Morgan fingerprint density at radius 1 is 1.21 bits per heavy atom. The van der Waals surface area contributed by atoms with Gasteiger partial charge in [-0.05, 0) is 36.3 Å². The Morgan fingerprint density at radius 3 is 2.71 bits per heavy atom.